The first-order chi connectivity index (χ1) is 10.3. The van der Waals surface area contributed by atoms with Gasteiger partial charge < -0.3 is 10.4 Å². The predicted octanol–water partition coefficient (Wildman–Crippen LogP) is 1.57. The Hall–Kier alpha value is -1.44. The number of piperidine rings is 1. The van der Waals surface area contributed by atoms with Crippen LogP contribution in [0.5, 0.6) is 0 Å². The van der Waals surface area contributed by atoms with E-state index in [1.165, 1.54) is 23.4 Å². The minimum absolute atomic E-state index is 0.175. The molecule has 2 unspecified atom stereocenters. The zero-order valence-corrected chi connectivity index (χ0v) is 13.6. The molecule has 1 aliphatic heterocycles. The van der Waals surface area contributed by atoms with Gasteiger partial charge in [0.15, 0.2) is 0 Å². The number of carbonyl (C=O) groups excluding carboxylic acids is 1. The first-order valence-electron chi connectivity index (χ1n) is 7.40. The minimum Gasteiger partial charge on any atom is -0.392 e. The van der Waals surface area contributed by atoms with Crippen LogP contribution < -0.4 is 5.32 Å². The summed E-state index contributed by atoms with van der Waals surface area (Å²) in [7, 11) is -3.64. The fourth-order valence-electron chi connectivity index (χ4n) is 2.76. The van der Waals surface area contributed by atoms with Gasteiger partial charge in [-0.2, -0.15) is 4.31 Å². The van der Waals surface area contributed by atoms with Crippen molar-refractivity contribution in [2.45, 2.75) is 50.2 Å². The number of anilines is 1. The van der Waals surface area contributed by atoms with E-state index in [-0.39, 0.29) is 16.8 Å². The van der Waals surface area contributed by atoms with Gasteiger partial charge in [0.2, 0.25) is 15.9 Å². The molecule has 6 nitrogen and oxygen atoms in total. The summed E-state index contributed by atoms with van der Waals surface area (Å²) in [6.07, 6.45) is 1.69. The van der Waals surface area contributed by atoms with Crippen molar-refractivity contribution >= 4 is 21.6 Å². The summed E-state index contributed by atoms with van der Waals surface area (Å²) in [6, 6.07) is 5.71. The molecule has 1 amide bonds. The highest BCUT2D eigenvalue weighted by atomic mass is 32.2. The molecule has 1 aliphatic rings. The number of amides is 1. The highest BCUT2D eigenvalue weighted by molar-refractivity contribution is 7.89. The van der Waals surface area contributed by atoms with Crippen LogP contribution >= 0.6 is 0 Å². The predicted molar refractivity (Wildman–Crippen MR) is 84.0 cm³/mol. The van der Waals surface area contributed by atoms with Crippen LogP contribution in [0.4, 0.5) is 5.69 Å². The van der Waals surface area contributed by atoms with E-state index in [0.717, 1.165) is 12.8 Å². The van der Waals surface area contributed by atoms with Crippen LogP contribution in [0.3, 0.4) is 0 Å². The highest BCUT2D eigenvalue weighted by Gasteiger charge is 2.35. The summed E-state index contributed by atoms with van der Waals surface area (Å²) >= 11 is 0. The van der Waals surface area contributed by atoms with E-state index in [1.807, 2.05) is 0 Å². The van der Waals surface area contributed by atoms with E-state index < -0.39 is 16.1 Å². The number of sulfonamides is 1. The molecular formula is C15H22N2O4S. The van der Waals surface area contributed by atoms with Gasteiger partial charge in [-0.25, -0.2) is 8.42 Å². The van der Waals surface area contributed by atoms with Gasteiger partial charge in [0, 0.05) is 19.2 Å². The molecular weight excluding hydrogens is 304 g/mol. The minimum atomic E-state index is -3.64. The fraction of sp³-hybridized carbons (Fsp3) is 0.533. The number of rotatable bonds is 4. The number of hydrogen-bond acceptors (Lipinski definition) is 4. The van der Waals surface area contributed by atoms with Crippen molar-refractivity contribution in [3.63, 3.8) is 0 Å². The Balaban J connectivity index is 2.26. The van der Waals surface area contributed by atoms with E-state index in [9.17, 15) is 18.3 Å². The van der Waals surface area contributed by atoms with E-state index in [2.05, 4.69) is 5.32 Å². The number of nitrogens with one attached hydrogen (secondary N) is 1. The van der Waals surface area contributed by atoms with Gasteiger partial charge >= 0.3 is 0 Å². The van der Waals surface area contributed by atoms with Gasteiger partial charge in [-0.15, -0.1) is 0 Å². The second kappa shape index (κ2) is 6.76. The highest BCUT2D eigenvalue weighted by Crippen LogP contribution is 2.27. The molecule has 1 aromatic rings. The number of aliphatic hydroxyl groups excluding tert-OH is 1. The average molecular weight is 326 g/mol. The molecule has 0 aromatic heterocycles. The third kappa shape index (κ3) is 3.66. The van der Waals surface area contributed by atoms with E-state index in [0.29, 0.717) is 18.7 Å². The smallest absolute Gasteiger partial charge is 0.243 e. The third-order valence-electron chi connectivity index (χ3n) is 3.84. The average Bonchev–Trinajstić information content (AvgIpc) is 2.47. The van der Waals surface area contributed by atoms with E-state index in [4.69, 9.17) is 0 Å². The van der Waals surface area contributed by atoms with Crippen LogP contribution in [0.15, 0.2) is 29.2 Å². The van der Waals surface area contributed by atoms with Crippen molar-refractivity contribution in [1.82, 2.24) is 4.31 Å². The summed E-state index contributed by atoms with van der Waals surface area (Å²) < 4.78 is 26.9. The molecule has 2 atom stereocenters. The zero-order valence-electron chi connectivity index (χ0n) is 12.8. The van der Waals surface area contributed by atoms with Gasteiger partial charge in [-0.05, 0) is 44.0 Å². The van der Waals surface area contributed by atoms with Crippen molar-refractivity contribution in [3.8, 4) is 0 Å². The summed E-state index contributed by atoms with van der Waals surface area (Å²) in [4.78, 5) is 11.2. The summed E-state index contributed by atoms with van der Waals surface area (Å²) in [5, 5.41) is 12.5. The van der Waals surface area contributed by atoms with Crippen molar-refractivity contribution in [1.29, 1.82) is 0 Å². The Morgan fingerprint density at radius 1 is 1.32 bits per heavy atom. The summed E-state index contributed by atoms with van der Waals surface area (Å²) in [5.74, 6) is -0.208. The fourth-order valence-corrected chi connectivity index (χ4v) is 4.52. The van der Waals surface area contributed by atoms with Gasteiger partial charge in [-0.3, -0.25) is 4.79 Å². The molecule has 0 spiro atoms. The molecule has 0 saturated carbocycles. The lowest BCUT2D eigenvalue weighted by atomic mass is 10.0. The molecule has 2 N–H and O–H groups in total. The van der Waals surface area contributed by atoms with Gasteiger partial charge in [0.1, 0.15) is 0 Å². The number of carbonyl (C=O) groups is 1. The van der Waals surface area contributed by atoms with Gasteiger partial charge in [-0.1, -0.05) is 6.42 Å². The molecule has 122 valence electrons. The van der Waals surface area contributed by atoms with Crippen molar-refractivity contribution < 1.29 is 18.3 Å². The SMILES string of the molecule is CC(=O)Nc1ccc(S(=O)(=O)N2CCCCC2C(C)O)cc1. The normalized spacial score (nSPS) is 21.3. The maximum absolute atomic E-state index is 12.8. The van der Waals surface area contributed by atoms with Crippen LogP contribution in [0, 0.1) is 0 Å². The molecule has 22 heavy (non-hydrogen) atoms. The molecule has 0 radical (unpaired) electrons. The molecule has 2 rings (SSSR count). The lowest BCUT2D eigenvalue weighted by molar-refractivity contribution is -0.114. The van der Waals surface area contributed by atoms with Crippen LogP contribution in [0.2, 0.25) is 0 Å². The molecule has 1 heterocycles. The summed E-state index contributed by atoms with van der Waals surface area (Å²) in [5.41, 5.74) is 0.553. The van der Waals surface area contributed by atoms with Gasteiger partial charge in [0.05, 0.1) is 17.0 Å². The van der Waals surface area contributed by atoms with E-state index in [1.54, 1.807) is 19.1 Å². The first kappa shape index (κ1) is 16.9. The second-order valence-corrected chi connectivity index (χ2v) is 7.52. The monoisotopic (exact) mass is 326 g/mol. The first-order valence-corrected chi connectivity index (χ1v) is 8.84. The topological polar surface area (TPSA) is 86.7 Å². The molecule has 7 heteroatoms. The van der Waals surface area contributed by atoms with Crippen LogP contribution in [0.1, 0.15) is 33.1 Å². The Labute approximate surface area is 131 Å². The van der Waals surface area contributed by atoms with Crippen molar-refractivity contribution in [2.24, 2.45) is 0 Å². The maximum Gasteiger partial charge on any atom is 0.243 e. The maximum atomic E-state index is 12.8. The lowest BCUT2D eigenvalue weighted by Crippen LogP contribution is -2.48. The Morgan fingerprint density at radius 2 is 1.95 bits per heavy atom. The Bertz CT molecular complexity index is 625. The molecule has 0 bridgehead atoms. The molecule has 1 aromatic carbocycles. The third-order valence-corrected chi connectivity index (χ3v) is 5.78. The lowest BCUT2D eigenvalue weighted by Gasteiger charge is -2.36. The number of nitrogens with zero attached hydrogens (tertiary/aromatic N) is 1. The molecule has 1 saturated heterocycles. The largest absolute Gasteiger partial charge is 0.392 e. The van der Waals surface area contributed by atoms with Crippen molar-refractivity contribution in [3.05, 3.63) is 24.3 Å². The van der Waals surface area contributed by atoms with Crippen molar-refractivity contribution in [2.75, 3.05) is 11.9 Å². The standard InChI is InChI=1S/C15H22N2O4S/c1-11(18)15-5-3-4-10-17(15)22(20,21)14-8-6-13(7-9-14)16-12(2)19/h6-9,11,15,18H,3-5,10H2,1-2H3,(H,16,19). The Morgan fingerprint density at radius 3 is 2.50 bits per heavy atom. The van der Waals surface area contributed by atoms with Crippen LogP contribution in [-0.4, -0.2) is 42.4 Å². The number of benzene rings is 1. The van der Waals surface area contributed by atoms with Gasteiger partial charge in [0.25, 0.3) is 0 Å². The zero-order chi connectivity index (χ0) is 16.3. The molecule has 0 aliphatic carbocycles. The quantitative estimate of drug-likeness (QED) is 0.879. The van der Waals surface area contributed by atoms with Crippen LogP contribution in [-0.2, 0) is 14.8 Å². The number of hydrogen-bond donors (Lipinski definition) is 2. The van der Waals surface area contributed by atoms with Crippen LogP contribution in [0.25, 0.3) is 0 Å². The second-order valence-electron chi connectivity index (χ2n) is 5.63. The summed E-state index contributed by atoms with van der Waals surface area (Å²) in [6.45, 7) is 3.44. The number of aliphatic hydroxyl groups is 1. The van der Waals surface area contributed by atoms with E-state index >= 15 is 0 Å². The molecule has 1 fully saturated rings. The Kier molecular flexibility index (Phi) is 5.20.